The van der Waals surface area contributed by atoms with Gasteiger partial charge in [-0.15, -0.1) is 0 Å². The zero-order valence-electron chi connectivity index (χ0n) is 15.5. The van der Waals surface area contributed by atoms with Gasteiger partial charge in [-0.3, -0.25) is 9.59 Å². The third-order valence-corrected chi connectivity index (χ3v) is 5.75. The number of rotatable bonds is 5. The number of carbonyl (C=O) groups excluding carboxylic acids is 3. The molecule has 2 heterocycles. The van der Waals surface area contributed by atoms with Crippen LogP contribution >= 0.6 is 34.5 Å². The minimum Gasteiger partial charge on any atom is -0.399 e. The van der Waals surface area contributed by atoms with E-state index < -0.39 is 18.0 Å². The molecule has 1 aromatic carbocycles. The van der Waals surface area contributed by atoms with Gasteiger partial charge >= 0.3 is 6.09 Å². The van der Waals surface area contributed by atoms with Gasteiger partial charge in [0, 0.05) is 18.8 Å². The quantitative estimate of drug-likeness (QED) is 0.698. The highest BCUT2D eigenvalue weighted by molar-refractivity contribution is 7.17. The van der Waals surface area contributed by atoms with Crippen molar-refractivity contribution in [1.82, 2.24) is 10.2 Å². The van der Waals surface area contributed by atoms with Crippen molar-refractivity contribution in [2.75, 3.05) is 18.4 Å². The van der Waals surface area contributed by atoms with E-state index in [0.29, 0.717) is 20.7 Å². The molecule has 154 valence electrons. The first-order chi connectivity index (χ1) is 13.8. The molecule has 10 heteroatoms. The van der Waals surface area contributed by atoms with Gasteiger partial charge in [0.25, 0.3) is 5.91 Å². The summed E-state index contributed by atoms with van der Waals surface area (Å²) in [7, 11) is 0. The molecule has 3 rings (SSSR count). The number of likely N-dealkylation sites (tertiary alicyclic amines) is 1. The second kappa shape index (κ2) is 9.47. The number of ether oxygens (including phenoxy) is 1. The number of hydrogen-bond donors (Lipinski definition) is 2. The highest BCUT2D eigenvalue weighted by Gasteiger charge is 2.22. The summed E-state index contributed by atoms with van der Waals surface area (Å²) in [6.45, 7) is 2.97. The third-order valence-electron chi connectivity index (χ3n) is 4.33. The largest absolute Gasteiger partial charge is 0.414 e. The molecule has 7 nitrogen and oxygen atoms in total. The van der Waals surface area contributed by atoms with Crippen molar-refractivity contribution in [2.24, 2.45) is 0 Å². The van der Waals surface area contributed by atoms with Crippen molar-refractivity contribution in [3.63, 3.8) is 0 Å². The monoisotopic (exact) mass is 455 g/mol. The van der Waals surface area contributed by atoms with Gasteiger partial charge in [0.2, 0.25) is 5.91 Å². The first-order valence-electron chi connectivity index (χ1n) is 8.97. The minimum absolute atomic E-state index is 0.114. The van der Waals surface area contributed by atoms with Crippen molar-refractivity contribution in [2.45, 2.75) is 25.8 Å². The van der Waals surface area contributed by atoms with E-state index >= 15 is 0 Å². The predicted molar refractivity (Wildman–Crippen MR) is 113 cm³/mol. The van der Waals surface area contributed by atoms with Gasteiger partial charge in [-0.1, -0.05) is 34.5 Å². The molecule has 0 radical (unpaired) electrons. The molecule has 29 heavy (non-hydrogen) atoms. The van der Waals surface area contributed by atoms with Gasteiger partial charge in [0.1, 0.15) is 6.04 Å². The fraction of sp³-hybridized carbons (Fsp3) is 0.316. The lowest BCUT2D eigenvalue weighted by Crippen LogP contribution is -2.42. The Morgan fingerprint density at radius 3 is 2.48 bits per heavy atom. The van der Waals surface area contributed by atoms with Gasteiger partial charge in [-0.25, -0.2) is 4.79 Å². The Hall–Kier alpha value is -2.29. The molecule has 0 unspecified atom stereocenters. The van der Waals surface area contributed by atoms with Crippen molar-refractivity contribution in [3.05, 3.63) is 45.3 Å². The molecule has 2 N–H and O–H groups in total. The number of amides is 3. The molecule has 0 spiro atoms. The van der Waals surface area contributed by atoms with Crippen LogP contribution in [0.4, 0.5) is 10.5 Å². The summed E-state index contributed by atoms with van der Waals surface area (Å²) in [6.07, 6.45) is 1.21. The number of nitrogens with zero attached hydrogens (tertiary/aromatic N) is 1. The summed E-state index contributed by atoms with van der Waals surface area (Å²) < 4.78 is 5.55. The van der Waals surface area contributed by atoms with Crippen molar-refractivity contribution in [3.8, 4) is 5.06 Å². The van der Waals surface area contributed by atoms with E-state index in [1.54, 1.807) is 29.2 Å². The predicted octanol–water partition coefficient (Wildman–Crippen LogP) is 4.41. The number of anilines is 1. The fourth-order valence-electron chi connectivity index (χ4n) is 2.82. The smallest absolute Gasteiger partial charge is 0.399 e. The standard InChI is InChI=1S/C19H19Cl2N3O4S/c1-11(22-19(27)28-16-7-6-15(21)29-16)17(25)23-12-4-5-13(14(20)10-12)18(26)24-8-2-3-9-24/h4-7,10-11H,2-3,8-9H2,1H3,(H,22,27)(H,23,25)/t11-/m1/s1. The van der Waals surface area contributed by atoms with Gasteiger partial charge in [-0.05, 0) is 50.1 Å². The molecule has 1 saturated heterocycles. The Bertz CT molecular complexity index is 928. The topological polar surface area (TPSA) is 87.7 Å². The second-order valence-electron chi connectivity index (χ2n) is 6.50. The van der Waals surface area contributed by atoms with Gasteiger partial charge in [0.15, 0.2) is 5.06 Å². The molecular formula is C19H19Cl2N3O4S. The molecule has 0 saturated carbocycles. The summed E-state index contributed by atoms with van der Waals surface area (Å²) >= 11 is 13.1. The Kier molecular flexibility index (Phi) is 7.00. The van der Waals surface area contributed by atoms with Crippen LogP contribution in [0.1, 0.15) is 30.1 Å². The molecule has 0 aliphatic carbocycles. The zero-order valence-corrected chi connectivity index (χ0v) is 17.9. The van der Waals surface area contributed by atoms with E-state index in [4.69, 9.17) is 27.9 Å². The van der Waals surface area contributed by atoms with E-state index in [9.17, 15) is 14.4 Å². The van der Waals surface area contributed by atoms with Crippen molar-refractivity contribution < 1.29 is 19.1 Å². The van der Waals surface area contributed by atoms with Gasteiger partial charge in [-0.2, -0.15) is 0 Å². The maximum Gasteiger partial charge on any atom is 0.414 e. The summed E-state index contributed by atoms with van der Waals surface area (Å²) in [6, 6.07) is 7.01. The number of nitrogens with one attached hydrogen (secondary N) is 2. The molecule has 3 amide bonds. The maximum atomic E-state index is 12.5. The highest BCUT2D eigenvalue weighted by Crippen LogP contribution is 2.28. The first kappa shape index (κ1) is 21.4. The number of halogens is 2. The molecule has 1 atom stereocenters. The number of benzene rings is 1. The Morgan fingerprint density at radius 1 is 1.14 bits per heavy atom. The second-order valence-corrected chi connectivity index (χ2v) is 8.58. The normalized spacial score (nSPS) is 14.4. The van der Waals surface area contributed by atoms with Crippen LogP contribution in [0.5, 0.6) is 5.06 Å². The lowest BCUT2D eigenvalue weighted by molar-refractivity contribution is -0.117. The third kappa shape index (κ3) is 5.62. The molecule has 1 fully saturated rings. The van der Waals surface area contributed by atoms with Crippen molar-refractivity contribution in [1.29, 1.82) is 0 Å². The summed E-state index contributed by atoms with van der Waals surface area (Å²) in [5.41, 5.74) is 0.820. The van der Waals surface area contributed by atoms with Crippen LogP contribution in [0.3, 0.4) is 0 Å². The van der Waals surface area contributed by atoms with E-state index in [-0.39, 0.29) is 10.9 Å². The molecule has 2 aromatic rings. The van der Waals surface area contributed by atoms with Crippen LogP contribution in [0, 0.1) is 0 Å². The van der Waals surface area contributed by atoms with Crippen LogP contribution in [0.15, 0.2) is 30.3 Å². The molecule has 1 aromatic heterocycles. The minimum atomic E-state index is -0.859. The maximum absolute atomic E-state index is 12.5. The lowest BCUT2D eigenvalue weighted by Gasteiger charge is -2.17. The summed E-state index contributed by atoms with van der Waals surface area (Å²) in [4.78, 5) is 38.4. The van der Waals surface area contributed by atoms with Crippen LogP contribution in [0.2, 0.25) is 9.36 Å². The van der Waals surface area contributed by atoms with Crippen LogP contribution in [-0.2, 0) is 4.79 Å². The fourth-order valence-corrected chi connectivity index (χ4v) is 3.96. The van der Waals surface area contributed by atoms with E-state index in [1.807, 2.05) is 0 Å². The average molecular weight is 456 g/mol. The molecular weight excluding hydrogens is 437 g/mol. The molecule has 1 aliphatic rings. The van der Waals surface area contributed by atoms with Crippen LogP contribution in [-0.4, -0.2) is 41.9 Å². The molecule has 0 bridgehead atoms. The Labute approximate surface area is 181 Å². The Morgan fingerprint density at radius 2 is 1.86 bits per heavy atom. The van der Waals surface area contributed by atoms with E-state index in [2.05, 4.69) is 10.6 Å². The first-order valence-corrected chi connectivity index (χ1v) is 10.5. The number of hydrogen-bond acceptors (Lipinski definition) is 5. The number of carbonyl (C=O) groups is 3. The number of thiophene rings is 1. The SMILES string of the molecule is C[C@@H](NC(=O)Oc1ccc(Cl)s1)C(=O)Nc1ccc(C(=O)N2CCCC2)c(Cl)c1. The van der Waals surface area contributed by atoms with Crippen LogP contribution in [0.25, 0.3) is 0 Å². The van der Waals surface area contributed by atoms with Gasteiger partial charge in [0.05, 0.1) is 14.9 Å². The Balaban J connectivity index is 1.55. The summed E-state index contributed by atoms with van der Waals surface area (Å²) in [5.74, 6) is -0.572. The molecule has 1 aliphatic heterocycles. The van der Waals surface area contributed by atoms with Crippen LogP contribution < -0.4 is 15.4 Å². The summed E-state index contributed by atoms with van der Waals surface area (Å²) in [5, 5.41) is 5.67. The highest BCUT2D eigenvalue weighted by atomic mass is 35.5. The lowest BCUT2D eigenvalue weighted by atomic mass is 10.1. The van der Waals surface area contributed by atoms with E-state index in [0.717, 1.165) is 37.3 Å². The van der Waals surface area contributed by atoms with E-state index in [1.165, 1.54) is 13.0 Å². The van der Waals surface area contributed by atoms with Crippen molar-refractivity contribution >= 4 is 58.1 Å². The van der Waals surface area contributed by atoms with Gasteiger partial charge < -0.3 is 20.3 Å². The zero-order chi connectivity index (χ0) is 21.0. The average Bonchev–Trinajstić information content (AvgIpc) is 3.33.